The number of nitrogens with zero attached hydrogens (tertiary/aromatic N) is 3. The molecule has 2 aromatic carbocycles. The third kappa shape index (κ3) is 4.68. The fraction of sp³-hybridized carbons (Fsp3) is 0.350. The molecule has 1 aliphatic rings. The molecule has 0 atom stereocenters. The minimum Gasteiger partial charge on any atom is -0.506 e. The average Bonchev–Trinajstić information content (AvgIpc) is 2.65. The van der Waals surface area contributed by atoms with Crippen molar-refractivity contribution in [3.63, 3.8) is 0 Å². The molecule has 0 unspecified atom stereocenters. The van der Waals surface area contributed by atoms with E-state index < -0.39 is 0 Å². The van der Waals surface area contributed by atoms with Gasteiger partial charge in [0.05, 0.1) is 12.2 Å². The van der Waals surface area contributed by atoms with Crippen molar-refractivity contribution in [3.8, 4) is 5.75 Å². The summed E-state index contributed by atoms with van der Waals surface area (Å²) in [5, 5.41) is 10.7. The van der Waals surface area contributed by atoms with Crippen LogP contribution in [-0.4, -0.2) is 60.6 Å². The van der Waals surface area contributed by atoms with E-state index in [2.05, 4.69) is 9.80 Å². The minimum atomic E-state index is 0.107. The first-order valence-corrected chi connectivity index (χ1v) is 9.14. The van der Waals surface area contributed by atoms with E-state index in [9.17, 15) is 9.90 Å². The van der Waals surface area contributed by atoms with Crippen molar-refractivity contribution in [2.45, 2.75) is 6.54 Å². The van der Waals surface area contributed by atoms with Crippen molar-refractivity contribution in [3.05, 3.63) is 59.1 Å². The van der Waals surface area contributed by atoms with E-state index in [1.54, 1.807) is 11.0 Å². The van der Waals surface area contributed by atoms with E-state index >= 15 is 0 Å². The zero-order valence-corrected chi connectivity index (χ0v) is 15.7. The summed E-state index contributed by atoms with van der Waals surface area (Å²) in [5.74, 6) is 0.413. The second kappa shape index (κ2) is 8.43. The average molecular weight is 374 g/mol. The predicted molar refractivity (Wildman–Crippen MR) is 105 cm³/mol. The predicted octanol–water partition coefficient (Wildman–Crippen LogP) is 2.83. The number of hydrogen-bond donors (Lipinski definition) is 1. The van der Waals surface area contributed by atoms with Gasteiger partial charge in [-0.25, -0.2) is 0 Å². The van der Waals surface area contributed by atoms with Gasteiger partial charge in [0.2, 0.25) is 5.91 Å². The first-order valence-electron chi connectivity index (χ1n) is 8.76. The van der Waals surface area contributed by atoms with Crippen LogP contribution in [0.1, 0.15) is 5.56 Å². The summed E-state index contributed by atoms with van der Waals surface area (Å²) >= 11 is 5.90. The van der Waals surface area contributed by atoms with Gasteiger partial charge in [0.15, 0.2) is 0 Å². The molecular weight excluding hydrogens is 350 g/mol. The Morgan fingerprint density at radius 3 is 2.38 bits per heavy atom. The number of phenols is 1. The highest BCUT2D eigenvalue weighted by molar-refractivity contribution is 6.30. The molecule has 0 bridgehead atoms. The maximum Gasteiger partial charge on any atom is 0.236 e. The van der Waals surface area contributed by atoms with Crippen molar-refractivity contribution in [2.75, 3.05) is 44.7 Å². The van der Waals surface area contributed by atoms with Crippen LogP contribution in [0.4, 0.5) is 5.69 Å². The van der Waals surface area contributed by atoms with Crippen LogP contribution >= 0.6 is 11.6 Å². The van der Waals surface area contributed by atoms with Crippen molar-refractivity contribution in [1.82, 2.24) is 9.80 Å². The second-order valence-corrected chi connectivity index (χ2v) is 7.06. The number of para-hydroxylation sites is 2. The Bertz CT molecular complexity index is 743. The Morgan fingerprint density at radius 2 is 1.73 bits per heavy atom. The third-order valence-electron chi connectivity index (χ3n) is 4.71. The summed E-state index contributed by atoms with van der Waals surface area (Å²) in [6.45, 7) is 4.19. The molecule has 0 radical (unpaired) electrons. The molecule has 1 N–H and O–H groups in total. The molecule has 1 saturated heterocycles. The highest BCUT2D eigenvalue weighted by Crippen LogP contribution is 2.27. The number of halogens is 1. The summed E-state index contributed by atoms with van der Waals surface area (Å²) in [5.41, 5.74) is 1.92. The molecule has 1 amide bonds. The molecule has 0 aromatic heterocycles. The molecule has 0 spiro atoms. The van der Waals surface area contributed by atoms with Crippen LogP contribution in [0.25, 0.3) is 0 Å². The zero-order chi connectivity index (χ0) is 18.5. The van der Waals surface area contributed by atoms with Gasteiger partial charge in [-0.1, -0.05) is 35.9 Å². The Labute approximate surface area is 159 Å². The highest BCUT2D eigenvalue weighted by Gasteiger charge is 2.21. The summed E-state index contributed by atoms with van der Waals surface area (Å²) in [6.07, 6.45) is 0. The molecule has 26 heavy (non-hydrogen) atoms. The van der Waals surface area contributed by atoms with E-state index in [1.807, 2.05) is 49.5 Å². The molecule has 5 nitrogen and oxygen atoms in total. The van der Waals surface area contributed by atoms with Crippen LogP contribution in [0.3, 0.4) is 0 Å². The number of rotatable bonds is 5. The molecule has 1 aliphatic heterocycles. The number of likely N-dealkylation sites (N-methyl/N-ethyl adjacent to an activating group) is 1. The van der Waals surface area contributed by atoms with Gasteiger partial charge in [-0.05, 0) is 29.8 Å². The number of phenolic OH excluding ortho intramolecular Hbond substituents is 1. The van der Waals surface area contributed by atoms with Gasteiger partial charge in [0.25, 0.3) is 0 Å². The summed E-state index contributed by atoms with van der Waals surface area (Å²) < 4.78 is 0. The zero-order valence-electron chi connectivity index (χ0n) is 14.9. The Morgan fingerprint density at radius 1 is 1.08 bits per heavy atom. The van der Waals surface area contributed by atoms with Crippen molar-refractivity contribution in [2.24, 2.45) is 0 Å². The Hall–Kier alpha value is -2.24. The molecule has 1 heterocycles. The van der Waals surface area contributed by atoms with Gasteiger partial charge in [-0.2, -0.15) is 0 Å². The van der Waals surface area contributed by atoms with Gasteiger partial charge >= 0.3 is 0 Å². The Balaban J connectivity index is 1.48. The van der Waals surface area contributed by atoms with Crippen LogP contribution in [0.15, 0.2) is 48.5 Å². The molecule has 2 aromatic rings. The number of aromatic hydroxyl groups is 1. The minimum absolute atomic E-state index is 0.107. The topological polar surface area (TPSA) is 47.0 Å². The number of piperazine rings is 1. The van der Waals surface area contributed by atoms with Crippen LogP contribution < -0.4 is 4.90 Å². The summed E-state index contributed by atoms with van der Waals surface area (Å²) in [7, 11) is 1.83. The number of anilines is 1. The third-order valence-corrected chi connectivity index (χ3v) is 4.96. The van der Waals surface area contributed by atoms with E-state index in [0.717, 1.165) is 37.4 Å². The molecule has 3 rings (SSSR count). The lowest BCUT2D eigenvalue weighted by Crippen LogP contribution is -2.49. The Kier molecular flexibility index (Phi) is 6.01. The smallest absolute Gasteiger partial charge is 0.236 e. The number of benzene rings is 2. The van der Waals surface area contributed by atoms with E-state index in [0.29, 0.717) is 23.9 Å². The largest absolute Gasteiger partial charge is 0.506 e. The lowest BCUT2D eigenvalue weighted by molar-refractivity contribution is -0.131. The SMILES string of the molecule is CN(Cc1ccc(Cl)cc1)C(=O)CN1CCN(c2ccccc2O)CC1. The lowest BCUT2D eigenvalue weighted by atomic mass is 10.2. The normalized spacial score (nSPS) is 15.1. The van der Waals surface area contributed by atoms with Gasteiger partial charge in [0.1, 0.15) is 5.75 Å². The number of amides is 1. The number of carbonyl (C=O) groups excluding carboxylic acids is 1. The summed E-state index contributed by atoms with van der Waals surface area (Å²) in [6, 6.07) is 14.9. The number of carbonyl (C=O) groups is 1. The van der Waals surface area contributed by atoms with Gasteiger partial charge < -0.3 is 14.9 Å². The first-order chi connectivity index (χ1) is 12.5. The fourth-order valence-electron chi connectivity index (χ4n) is 3.14. The first kappa shape index (κ1) is 18.5. The molecular formula is C20H24ClN3O2. The van der Waals surface area contributed by atoms with Crippen LogP contribution in [0.5, 0.6) is 5.75 Å². The van der Waals surface area contributed by atoms with Gasteiger partial charge in [0, 0.05) is 44.8 Å². The van der Waals surface area contributed by atoms with Gasteiger partial charge in [-0.3, -0.25) is 9.69 Å². The monoisotopic (exact) mass is 373 g/mol. The van der Waals surface area contributed by atoms with E-state index in [4.69, 9.17) is 11.6 Å². The van der Waals surface area contributed by atoms with E-state index in [1.165, 1.54) is 0 Å². The van der Waals surface area contributed by atoms with Crippen molar-refractivity contribution >= 4 is 23.2 Å². The molecule has 138 valence electrons. The maximum atomic E-state index is 12.5. The second-order valence-electron chi connectivity index (χ2n) is 6.63. The van der Waals surface area contributed by atoms with E-state index in [-0.39, 0.29) is 5.91 Å². The molecule has 1 fully saturated rings. The highest BCUT2D eigenvalue weighted by atomic mass is 35.5. The number of hydrogen-bond acceptors (Lipinski definition) is 4. The molecule has 0 aliphatic carbocycles. The molecule has 6 heteroatoms. The van der Waals surface area contributed by atoms with Crippen LogP contribution in [-0.2, 0) is 11.3 Å². The maximum absolute atomic E-state index is 12.5. The van der Waals surface area contributed by atoms with Gasteiger partial charge in [-0.15, -0.1) is 0 Å². The quantitative estimate of drug-likeness (QED) is 0.875. The van der Waals surface area contributed by atoms with Crippen LogP contribution in [0.2, 0.25) is 5.02 Å². The van der Waals surface area contributed by atoms with Crippen molar-refractivity contribution < 1.29 is 9.90 Å². The fourth-order valence-corrected chi connectivity index (χ4v) is 3.27. The van der Waals surface area contributed by atoms with Crippen molar-refractivity contribution in [1.29, 1.82) is 0 Å². The van der Waals surface area contributed by atoms with Crippen LogP contribution in [0, 0.1) is 0 Å². The summed E-state index contributed by atoms with van der Waals surface area (Å²) in [4.78, 5) is 18.6. The molecule has 0 saturated carbocycles. The lowest BCUT2D eigenvalue weighted by Gasteiger charge is -2.36. The standard InChI is InChI=1S/C20H24ClN3O2/c1-22(14-16-6-8-17(21)9-7-16)20(26)15-23-10-12-24(13-11-23)18-4-2-3-5-19(18)25/h2-9,25H,10-15H2,1H3.